The zero-order chi connectivity index (χ0) is 28.9. The van der Waals surface area contributed by atoms with E-state index >= 15 is 0 Å². The number of amides is 1. The Kier molecular flexibility index (Phi) is 7.15. The molecule has 0 saturated heterocycles. The maximum Gasteiger partial charge on any atom is 0.522 e. The third kappa shape index (κ3) is 5.71. The zero-order valence-electron chi connectivity index (χ0n) is 21.7. The second kappa shape index (κ2) is 10.2. The number of hydrogen-bond donors (Lipinski definition) is 1. The topological polar surface area (TPSA) is 72.3 Å². The number of alkyl halides is 6. The summed E-state index contributed by atoms with van der Waals surface area (Å²) in [6, 6.07) is 8.64. The van der Waals surface area contributed by atoms with Crippen molar-refractivity contribution in [2.45, 2.75) is 63.3 Å². The van der Waals surface area contributed by atoms with E-state index in [1.807, 2.05) is 6.92 Å². The number of carbonyl (C=O) groups is 1. The van der Waals surface area contributed by atoms with Crippen LogP contribution in [0.5, 0.6) is 0 Å². The van der Waals surface area contributed by atoms with Crippen molar-refractivity contribution in [2.24, 2.45) is 7.05 Å². The molecular weight excluding hydrogens is 540 g/mol. The number of anilines is 1. The number of hydrogen-bond acceptors (Lipinski definition) is 5. The summed E-state index contributed by atoms with van der Waals surface area (Å²) < 4.78 is 86.6. The van der Waals surface area contributed by atoms with Crippen molar-refractivity contribution >= 4 is 11.6 Å². The summed E-state index contributed by atoms with van der Waals surface area (Å²) in [7, 11) is 1.57. The highest BCUT2D eigenvalue weighted by molar-refractivity contribution is 6.10. The number of rotatable bonds is 8. The molecule has 2 aliphatic rings. The van der Waals surface area contributed by atoms with Crippen LogP contribution in [0.1, 0.15) is 70.5 Å². The SMILES string of the molecule is Cn1cnnc1[C@@H](COC(F)(F)F)c1cccc(N2Cc3c(cc(CNC4(C)CCC4)cc3C(F)(F)F)C2=O)c1. The number of aryl methyl sites for hydroxylation is 1. The number of carbonyl (C=O) groups excluding carboxylic acids is 1. The molecule has 40 heavy (non-hydrogen) atoms. The quantitative estimate of drug-likeness (QED) is 0.354. The van der Waals surface area contributed by atoms with Crippen LogP contribution in [0.2, 0.25) is 0 Å². The first-order chi connectivity index (χ1) is 18.7. The molecule has 0 bridgehead atoms. The van der Waals surface area contributed by atoms with Gasteiger partial charge in [-0.3, -0.25) is 9.53 Å². The summed E-state index contributed by atoms with van der Waals surface area (Å²) in [6.07, 6.45) is -5.33. The molecule has 214 valence electrons. The van der Waals surface area contributed by atoms with Crippen LogP contribution >= 0.6 is 0 Å². The van der Waals surface area contributed by atoms with E-state index in [2.05, 4.69) is 20.3 Å². The van der Waals surface area contributed by atoms with Gasteiger partial charge in [0.15, 0.2) is 0 Å². The second-order valence-corrected chi connectivity index (χ2v) is 10.5. The minimum atomic E-state index is -4.89. The molecule has 1 aliphatic heterocycles. The minimum absolute atomic E-state index is 0.0407. The Bertz CT molecular complexity index is 1410. The van der Waals surface area contributed by atoms with Gasteiger partial charge in [-0.1, -0.05) is 12.1 Å². The third-order valence-corrected chi connectivity index (χ3v) is 7.64. The third-order valence-electron chi connectivity index (χ3n) is 7.64. The molecule has 0 unspecified atom stereocenters. The lowest BCUT2D eigenvalue weighted by molar-refractivity contribution is -0.325. The van der Waals surface area contributed by atoms with Crippen molar-refractivity contribution in [3.8, 4) is 0 Å². The highest BCUT2D eigenvalue weighted by Gasteiger charge is 2.41. The van der Waals surface area contributed by atoms with Gasteiger partial charge >= 0.3 is 12.5 Å². The fourth-order valence-corrected chi connectivity index (χ4v) is 5.25. The maximum absolute atomic E-state index is 14.1. The molecule has 13 heteroatoms. The van der Waals surface area contributed by atoms with Gasteiger partial charge in [-0.05, 0) is 67.1 Å². The van der Waals surface area contributed by atoms with Crippen LogP contribution in [0, 0.1) is 0 Å². The van der Waals surface area contributed by atoms with Crippen LogP contribution in [0.3, 0.4) is 0 Å². The molecule has 0 radical (unpaired) electrons. The standard InChI is InChI=1S/C27H27F6N5O2/c1-25(7-4-8-25)34-12-16-9-19-20(22(10-16)26(28,29)30)13-38(24(19)39)18-6-3-5-17(11-18)21(14-40-27(31,32)33)23-36-35-15-37(23)2/h3,5-6,9-11,15,21,34H,4,7-8,12-14H2,1-2H3/t21-/m0/s1. The van der Waals surface area contributed by atoms with E-state index in [4.69, 9.17) is 0 Å². The first-order valence-electron chi connectivity index (χ1n) is 12.7. The fraction of sp³-hybridized carbons (Fsp3) is 0.444. The number of benzene rings is 2. The summed E-state index contributed by atoms with van der Waals surface area (Å²) in [5.74, 6) is -1.43. The van der Waals surface area contributed by atoms with Gasteiger partial charge in [0.05, 0.1) is 24.6 Å². The monoisotopic (exact) mass is 567 g/mol. The van der Waals surface area contributed by atoms with E-state index in [9.17, 15) is 31.1 Å². The number of halogens is 6. The van der Waals surface area contributed by atoms with E-state index in [-0.39, 0.29) is 41.3 Å². The number of ether oxygens (including phenoxy) is 1. The van der Waals surface area contributed by atoms with Crippen LogP contribution in [-0.4, -0.2) is 39.2 Å². The van der Waals surface area contributed by atoms with Gasteiger partial charge in [-0.25, -0.2) is 0 Å². The molecule has 2 heterocycles. The van der Waals surface area contributed by atoms with E-state index in [1.165, 1.54) is 40.1 Å². The van der Waals surface area contributed by atoms with E-state index < -0.39 is 36.5 Å². The Morgan fingerprint density at radius 2 is 1.88 bits per heavy atom. The van der Waals surface area contributed by atoms with E-state index in [1.54, 1.807) is 13.1 Å². The lowest BCUT2D eigenvalue weighted by atomic mass is 9.78. The predicted molar refractivity (Wildman–Crippen MR) is 132 cm³/mol. The summed E-state index contributed by atoms with van der Waals surface area (Å²) >= 11 is 0. The van der Waals surface area contributed by atoms with Crippen LogP contribution in [0.25, 0.3) is 0 Å². The van der Waals surface area contributed by atoms with Gasteiger partial charge in [0.1, 0.15) is 12.2 Å². The van der Waals surface area contributed by atoms with Crippen LogP contribution in [0.4, 0.5) is 32.0 Å². The number of aromatic nitrogens is 3. The molecule has 1 aliphatic carbocycles. The highest BCUT2D eigenvalue weighted by Crippen LogP contribution is 2.40. The molecule has 1 saturated carbocycles. The van der Waals surface area contributed by atoms with Crippen molar-refractivity contribution in [3.05, 3.63) is 76.4 Å². The molecule has 1 atom stereocenters. The van der Waals surface area contributed by atoms with Gasteiger partial charge in [-0.15, -0.1) is 23.4 Å². The summed E-state index contributed by atoms with van der Waals surface area (Å²) in [6.45, 7) is 1.07. The fourth-order valence-electron chi connectivity index (χ4n) is 5.25. The molecule has 1 fully saturated rings. The van der Waals surface area contributed by atoms with Gasteiger partial charge in [-0.2, -0.15) is 13.2 Å². The van der Waals surface area contributed by atoms with Crippen LogP contribution in [0.15, 0.2) is 42.7 Å². The largest absolute Gasteiger partial charge is 0.522 e. The van der Waals surface area contributed by atoms with Gasteiger partial charge in [0.25, 0.3) is 5.91 Å². The summed E-state index contributed by atoms with van der Waals surface area (Å²) in [5, 5.41) is 10.9. The summed E-state index contributed by atoms with van der Waals surface area (Å²) in [5.41, 5.74) is -0.252. The Morgan fingerprint density at radius 3 is 2.48 bits per heavy atom. The summed E-state index contributed by atoms with van der Waals surface area (Å²) in [4.78, 5) is 14.7. The van der Waals surface area contributed by atoms with Crippen molar-refractivity contribution in [3.63, 3.8) is 0 Å². The van der Waals surface area contributed by atoms with Crippen molar-refractivity contribution in [1.82, 2.24) is 20.1 Å². The number of nitrogens with zero attached hydrogens (tertiary/aromatic N) is 4. The Balaban J connectivity index is 1.47. The molecule has 1 amide bonds. The normalized spacial score (nSPS) is 17.6. The Morgan fingerprint density at radius 1 is 1.12 bits per heavy atom. The van der Waals surface area contributed by atoms with E-state index in [0.29, 0.717) is 11.1 Å². The predicted octanol–water partition coefficient (Wildman–Crippen LogP) is 5.69. The molecule has 0 spiro atoms. The smallest absolute Gasteiger partial charge is 0.320 e. The first kappa shape index (κ1) is 28.1. The van der Waals surface area contributed by atoms with Gasteiger partial charge in [0.2, 0.25) is 0 Å². The molecule has 3 aromatic rings. The van der Waals surface area contributed by atoms with E-state index in [0.717, 1.165) is 25.3 Å². The highest BCUT2D eigenvalue weighted by atomic mass is 19.4. The number of nitrogens with one attached hydrogen (secondary N) is 1. The molecule has 7 nitrogen and oxygen atoms in total. The average Bonchev–Trinajstić information content (AvgIpc) is 3.43. The molecule has 2 aromatic carbocycles. The minimum Gasteiger partial charge on any atom is -0.320 e. The van der Waals surface area contributed by atoms with Crippen LogP contribution in [-0.2, 0) is 31.1 Å². The Labute approximate surface area is 226 Å². The van der Waals surface area contributed by atoms with Gasteiger partial charge < -0.3 is 14.8 Å². The lowest BCUT2D eigenvalue weighted by Gasteiger charge is -2.39. The molecule has 5 rings (SSSR count). The molecule has 1 N–H and O–H groups in total. The molecule has 1 aromatic heterocycles. The second-order valence-electron chi connectivity index (χ2n) is 10.5. The number of fused-ring (bicyclic) bond motifs is 1. The average molecular weight is 568 g/mol. The van der Waals surface area contributed by atoms with Crippen molar-refractivity contribution in [2.75, 3.05) is 11.5 Å². The van der Waals surface area contributed by atoms with Crippen LogP contribution < -0.4 is 10.2 Å². The van der Waals surface area contributed by atoms with Crippen molar-refractivity contribution in [1.29, 1.82) is 0 Å². The Hall–Kier alpha value is -3.45. The zero-order valence-corrected chi connectivity index (χ0v) is 21.7. The van der Waals surface area contributed by atoms with Crippen molar-refractivity contribution < 1.29 is 35.9 Å². The molecular formula is C27H27F6N5O2. The first-order valence-corrected chi connectivity index (χ1v) is 12.7. The lowest BCUT2D eigenvalue weighted by Crippen LogP contribution is -2.47. The van der Waals surface area contributed by atoms with Gasteiger partial charge in [0, 0.05) is 30.4 Å². The maximum atomic E-state index is 14.1.